The maximum atomic E-state index is 10.9. The first-order chi connectivity index (χ1) is 13.9. The van der Waals surface area contributed by atoms with E-state index >= 15 is 0 Å². The van der Waals surface area contributed by atoms with Gasteiger partial charge in [0.2, 0.25) is 0 Å². The van der Waals surface area contributed by atoms with Crippen molar-refractivity contribution in [1.29, 1.82) is 0 Å². The van der Waals surface area contributed by atoms with Crippen LogP contribution in [0.4, 0.5) is 0 Å². The van der Waals surface area contributed by atoms with Crippen LogP contribution in [0.3, 0.4) is 0 Å². The van der Waals surface area contributed by atoms with Gasteiger partial charge < -0.3 is 10.2 Å². The van der Waals surface area contributed by atoms with Gasteiger partial charge in [-0.25, -0.2) is 0 Å². The molecule has 0 saturated heterocycles. The number of hydrogen-bond donors (Lipinski definition) is 2. The molecule has 0 amide bonds. The summed E-state index contributed by atoms with van der Waals surface area (Å²) in [5.74, 6) is 2.04. The minimum Gasteiger partial charge on any atom is -0.393 e. The molecule has 0 aliphatic heterocycles. The van der Waals surface area contributed by atoms with E-state index in [1.54, 1.807) is 16.7 Å². The molecule has 1 unspecified atom stereocenters. The zero-order valence-electron chi connectivity index (χ0n) is 20.6. The van der Waals surface area contributed by atoms with E-state index in [2.05, 4.69) is 54.5 Å². The highest BCUT2D eigenvalue weighted by atomic mass is 16.3. The van der Waals surface area contributed by atoms with Gasteiger partial charge in [0, 0.05) is 0 Å². The largest absolute Gasteiger partial charge is 0.393 e. The van der Waals surface area contributed by atoms with Crippen molar-refractivity contribution >= 4 is 0 Å². The molecule has 1 fully saturated rings. The zero-order valence-corrected chi connectivity index (χ0v) is 20.6. The zero-order chi connectivity index (χ0) is 22.1. The quantitative estimate of drug-likeness (QED) is 0.539. The average Bonchev–Trinajstić information content (AvgIpc) is 3.01. The van der Waals surface area contributed by atoms with Crippen LogP contribution in [0.5, 0.6) is 0 Å². The van der Waals surface area contributed by atoms with Gasteiger partial charge in [0.15, 0.2) is 0 Å². The van der Waals surface area contributed by atoms with Crippen LogP contribution in [0.25, 0.3) is 0 Å². The van der Waals surface area contributed by atoms with Crippen molar-refractivity contribution in [3.8, 4) is 0 Å². The molecule has 170 valence electrons. The number of allylic oxidation sites excluding steroid dienone is 4. The van der Waals surface area contributed by atoms with Gasteiger partial charge in [-0.1, -0.05) is 60.1 Å². The minimum absolute atomic E-state index is 0.00828. The molecule has 0 aromatic rings. The normalized spacial score (nSPS) is 42.3. The molecule has 1 saturated carbocycles. The first kappa shape index (κ1) is 22.6. The van der Waals surface area contributed by atoms with Gasteiger partial charge in [-0.2, -0.15) is 0 Å². The lowest BCUT2D eigenvalue weighted by atomic mass is 9.46. The maximum Gasteiger partial charge on any atom is 0.0594 e. The lowest BCUT2D eigenvalue weighted by molar-refractivity contribution is -0.0907. The lowest BCUT2D eigenvalue weighted by Crippen LogP contribution is -2.53. The predicted octanol–water partition coefficient (Wildman–Crippen LogP) is 6.67. The summed E-state index contributed by atoms with van der Waals surface area (Å²) in [5.41, 5.74) is 5.54. The third kappa shape index (κ3) is 3.19. The molecular formula is C28H46O2. The Balaban J connectivity index is 1.64. The second-order valence-corrected chi connectivity index (χ2v) is 12.8. The summed E-state index contributed by atoms with van der Waals surface area (Å²) in [6.07, 6.45) is 11.2. The summed E-state index contributed by atoms with van der Waals surface area (Å²) < 4.78 is 0. The van der Waals surface area contributed by atoms with E-state index in [1.165, 1.54) is 25.7 Å². The molecule has 0 aromatic heterocycles. The summed E-state index contributed by atoms with van der Waals surface area (Å²) in [4.78, 5) is 0. The highest BCUT2D eigenvalue weighted by Crippen LogP contribution is 2.66. The van der Waals surface area contributed by atoms with Crippen molar-refractivity contribution in [2.24, 2.45) is 39.9 Å². The number of fused-ring (bicyclic) bond motifs is 4. The van der Waals surface area contributed by atoms with Crippen LogP contribution < -0.4 is 0 Å². The SMILES string of the molecule is CC(C)CC(O)[C@@H](C)[C@H]1CC=C2C3=C(CC[C@@]21C)[C@@]1(C)CC[C@H](O)C(C)(C)[C@@H]1CC3. The van der Waals surface area contributed by atoms with Gasteiger partial charge >= 0.3 is 0 Å². The van der Waals surface area contributed by atoms with Crippen LogP contribution >= 0.6 is 0 Å². The second kappa shape index (κ2) is 7.48. The van der Waals surface area contributed by atoms with E-state index < -0.39 is 0 Å². The Kier molecular flexibility index (Phi) is 5.63. The Bertz CT molecular complexity index is 744. The van der Waals surface area contributed by atoms with Crippen LogP contribution in [0.1, 0.15) is 99.8 Å². The highest BCUT2D eigenvalue weighted by molar-refractivity contribution is 5.49. The molecule has 7 atom stereocenters. The standard InChI is InChI=1S/C28H46O2/c1-17(2)16-23(29)18(3)20-9-10-21-19-8-11-24-26(4,5)25(30)13-15-28(24,7)22(19)12-14-27(20,21)6/h10,17-18,20,23-25,29-30H,8-9,11-16H2,1-7H3/t18-,20+,23?,24-,25-,27+,28+/m0/s1. The highest BCUT2D eigenvalue weighted by Gasteiger charge is 2.57. The van der Waals surface area contributed by atoms with Crippen molar-refractivity contribution in [3.05, 3.63) is 22.8 Å². The molecule has 2 N–H and O–H groups in total. The Morgan fingerprint density at radius 1 is 1.00 bits per heavy atom. The molecule has 4 rings (SSSR count). The molecule has 0 aromatic carbocycles. The van der Waals surface area contributed by atoms with Gasteiger partial charge in [-0.15, -0.1) is 0 Å². The fourth-order valence-corrected chi connectivity index (χ4v) is 8.48. The summed E-state index contributed by atoms with van der Waals surface area (Å²) >= 11 is 0. The summed E-state index contributed by atoms with van der Waals surface area (Å²) in [7, 11) is 0. The number of hydrogen-bond acceptors (Lipinski definition) is 2. The molecule has 0 heterocycles. The van der Waals surface area contributed by atoms with E-state index in [0.717, 1.165) is 25.7 Å². The van der Waals surface area contributed by atoms with E-state index in [9.17, 15) is 10.2 Å². The molecule has 0 spiro atoms. The van der Waals surface area contributed by atoms with Gasteiger partial charge in [0.05, 0.1) is 12.2 Å². The average molecular weight is 415 g/mol. The smallest absolute Gasteiger partial charge is 0.0594 e. The molecule has 30 heavy (non-hydrogen) atoms. The molecule has 0 bridgehead atoms. The van der Waals surface area contributed by atoms with Gasteiger partial charge in [0.25, 0.3) is 0 Å². The van der Waals surface area contributed by atoms with Crippen molar-refractivity contribution in [2.75, 3.05) is 0 Å². The van der Waals surface area contributed by atoms with Crippen LogP contribution in [0, 0.1) is 39.9 Å². The van der Waals surface area contributed by atoms with Gasteiger partial charge in [0.1, 0.15) is 0 Å². The van der Waals surface area contributed by atoms with Crippen molar-refractivity contribution in [1.82, 2.24) is 0 Å². The van der Waals surface area contributed by atoms with E-state index in [1.807, 2.05) is 0 Å². The lowest BCUT2D eigenvalue weighted by Gasteiger charge is -2.59. The molecule has 2 heteroatoms. The van der Waals surface area contributed by atoms with Crippen LogP contribution in [-0.2, 0) is 0 Å². The topological polar surface area (TPSA) is 40.5 Å². The first-order valence-electron chi connectivity index (χ1n) is 12.7. The van der Waals surface area contributed by atoms with Crippen molar-refractivity contribution < 1.29 is 10.2 Å². The third-order valence-electron chi connectivity index (χ3n) is 10.4. The summed E-state index contributed by atoms with van der Waals surface area (Å²) in [5, 5.41) is 21.6. The predicted molar refractivity (Wildman–Crippen MR) is 125 cm³/mol. The minimum atomic E-state index is -0.191. The number of aliphatic hydroxyl groups excluding tert-OH is 2. The Morgan fingerprint density at radius 3 is 2.37 bits per heavy atom. The van der Waals surface area contributed by atoms with Crippen molar-refractivity contribution in [2.45, 2.75) is 112 Å². The van der Waals surface area contributed by atoms with E-state index in [0.29, 0.717) is 23.7 Å². The first-order valence-corrected chi connectivity index (χ1v) is 12.7. The summed E-state index contributed by atoms with van der Waals surface area (Å²) in [6, 6.07) is 0. The van der Waals surface area contributed by atoms with Crippen LogP contribution in [-0.4, -0.2) is 22.4 Å². The van der Waals surface area contributed by atoms with Gasteiger partial charge in [-0.3, -0.25) is 0 Å². The fourth-order valence-electron chi connectivity index (χ4n) is 8.48. The maximum absolute atomic E-state index is 10.9. The number of rotatable bonds is 4. The number of aliphatic hydroxyl groups is 2. The Morgan fingerprint density at radius 2 is 1.70 bits per heavy atom. The van der Waals surface area contributed by atoms with Crippen molar-refractivity contribution in [3.63, 3.8) is 0 Å². The second-order valence-electron chi connectivity index (χ2n) is 12.8. The molecule has 4 aliphatic carbocycles. The molecule has 0 radical (unpaired) electrons. The Labute approximate surface area is 185 Å². The van der Waals surface area contributed by atoms with Crippen LogP contribution in [0.2, 0.25) is 0 Å². The fraction of sp³-hybridized carbons (Fsp3) is 0.857. The third-order valence-corrected chi connectivity index (χ3v) is 10.4. The molecule has 4 aliphatic rings. The Hall–Kier alpha value is -0.600. The van der Waals surface area contributed by atoms with Gasteiger partial charge in [-0.05, 0) is 102 Å². The molecular weight excluding hydrogens is 368 g/mol. The van der Waals surface area contributed by atoms with Crippen LogP contribution in [0.15, 0.2) is 22.8 Å². The van der Waals surface area contributed by atoms with E-state index in [-0.39, 0.29) is 28.5 Å². The molecule has 2 nitrogen and oxygen atoms in total. The van der Waals surface area contributed by atoms with E-state index in [4.69, 9.17) is 0 Å². The monoisotopic (exact) mass is 414 g/mol. The summed E-state index contributed by atoms with van der Waals surface area (Å²) in [6.45, 7) is 16.4.